The van der Waals surface area contributed by atoms with E-state index in [1.807, 2.05) is 30.3 Å². The lowest BCUT2D eigenvalue weighted by atomic mass is 10.2. The monoisotopic (exact) mass is 402 g/mol. The second-order valence-electron chi connectivity index (χ2n) is 5.97. The van der Waals surface area contributed by atoms with Crippen molar-refractivity contribution >= 4 is 40.1 Å². The number of nitrogens with one attached hydrogen (secondary N) is 1. The summed E-state index contributed by atoms with van der Waals surface area (Å²) in [6.45, 7) is 1.16. The summed E-state index contributed by atoms with van der Waals surface area (Å²) >= 11 is 5.88. The Labute approximate surface area is 164 Å². The van der Waals surface area contributed by atoms with E-state index >= 15 is 0 Å². The van der Waals surface area contributed by atoms with Crippen LogP contribution < -0.4 is 5.32 Å². The Kier molecular flexibility index (Phi) is 5.60. The molecule has 3 rings (SSSR count). The summed E-state index contributed by atoms with van der Waals surface area (Å²) in [5.74, 6) is -0.925. The van der Waals surface area contributed by atoms with Crippen molar-refractivity contribution in [1.29, 1.82) is 0 Å². The van der Waals surface area contributed by atoms with Gasteiger partial charge in [-0.1, -0.05) is 29.8 Å². The number of amides is 1. The zero-order chi connectivity index (χ0) is 20.3. The highest BCUT2D eigenvalue weighted by atomic mass is 35.5. The standard InChI is InChI=1S/C19H15ClN2O6/c1-11(17-8-12-4-2-3-5-16(12)28-17)21-18(23)10-27-19(24)14-9-13(22(25)26)6-7-15(14)20/h2-9,11H,10H2,1H3,(H,21,23)/t11-/m0/s1. The third-order valence-corrected chi connectivity index (χ3v) is 4.29. The van der Waals surface area contributed by atoms with Gasteiger partial charge in [-0.2, -0.15) is 0 Å². The van der Waals surface area contributed by atoms with Crippen LogP contribution in [0.3, 0.4) is 0 Å². The average molecular weight is 403 g/mol. The maximum atomic E-state index is 12.1. The van der Waals surface area contributed by atoms with Crippen LogP contribution in [0, 0.1) is 10.1 Å². The molecule has 144 valence electrons. The molecule has 28 heavy (non-hydrogen) atoms. The minimum atomic E-state index is -0.930. The first-order valence-corrected chi connectivity index (χ1v) is 8.62. The quantitative estimate of drug-likeness (QED) is 0.378. The highest BCUT2D eigenvalue weighted by Gasteiger charge is 2.19. The Balaban J connectivity index is 1.60. The first-order valence-electron chi connectivity index (χ1n) is 8.24. The Bertz CT molecular complexity index is 1030. The summed E-state index contributed by atoms with van der Waals surface area (Å²) < 4.78 is 10.6. The van der Waals surface area contributed by atoms with Crippen molar-refractivity contribution in [2.45, 2.75) is 13.0 Å². The number of nitro groups is 1. The average Bonchev–Trinajstić information content (AvgIpc) is 3.10. The summed E-state index contributed by atoms with van der Waals surface area (Å²) in [7, 11) is 0. The SMILES string of the molecule is C[C@H](NC(=O)COC(=O)c1cc([N+](=O)[O-])ccc1Cl)c1cc2ccccc2o1. The van der Waals surface area contributed by atoms with Crippen molar-refractivity contribution in [3.8, 4) is 0 Å². The van der Waals surface area contributed by atoms with Gasteiger partial charge in [0.05, 0.1) is 21.6 Å². The van der Waals surface area contributed by atoms with Crippen LogP contribution in [0.2, 0.25) is 5.02 Å². The zero-order valence-corrected chi connectivity index (χ0v) is 15.4. The normalized spacial score (nSPS) is 11.8. The fraction of sp³-hybridized carbons (Fsp3) is 0.158. The van der Waals surface area contributed by atoms with Crippen molar-refractivity contribution in [2.24, 2.45) is 0 Å². The van der Waals surface area contributed by atoms with Gasteiger partial charge in [0, 0.05) is 17.5 Å². The molecule has 0 unspecified atom stereocenters. The molecule has 0 saturated heterocycles. The summed E-state index contributed by atoms with van der Waals surface area (Å²) in [4.78, 5) is 34.3. The molecule has 0 spiro atoms. The Hall–Kier alpha value is -3.39. The lowest BCUT2D eigenvalue weighted by Crippen LogP contribution is -2.31. The topological polar surface area (TPSA) is 112 Å². The second-order valence-corrected chi connectivity index (χ2v) is 6.38. The third kappa shape index (κ3) is 4.29. The molecule has 0 aliphatic heterocycles. The summed E-state index contributed by atoms with van der Waals surface area (Å²) in [6, 6.07) is 12.2. The number of ether oxygens (including phenoxy) is 1. The molecule has 0 radical (unpaired) electrons. The molecule has 0 fully saturated rings. The number of fused-ring (bicyclic) bond motifs is 1. The number of nitrogens with zero attached hydrogens (tertiary/aromatic N) is 1. The van der Waals surface area contributed by atoms with E-state index < -0.39 is 29.4 Å². The molecule has 8 nitrogen and oxygen atoms in total. The maximum Gasteiger partial charge on any atom is 0.340 e. The number of esters is 1. The van der Waals surface area contributed by atoms with Gasteiger partial charge in [-0.15, -0.1) is 0 Å². The van der Waals surface area contributed by atoms with Gasteiger partial charge >= 0.3 is 5.97 Å². The smallest absolute Gasteiger partial charge is 0.340 e. The fourth-order valence-electron chi connectivity index (χ4n) is 2.56. The molecule has 2 aromatic carbocycles. The minimum Gasteiger partial charge on any atom is -0.459 e. The van der Waals surface area contributed by atoms with Crippen LogP contribution in [0.4, 0.5) is 5.69 Å². The molecular weight excluding hydrogens is 388 g/mol. The van der Waals surface area contributed by atoms with Crippen molar-refractivity contribution in [3.05, 3.63) is 75.0 Å². The first-order chi connectivity index (χ1) is 13.3. The Morgan fingerprint density at radius 3 is 2.71 bits per heavy atom. The maximum absolute atomic E-state index is 12.1. The lowest BCUT2D eigenvalue weighted by molar-refractivity contribution is -0.384. The van der Waals surface area contributed by atoms with Crippen LogP contribution in [0.15, 0.2) is 52.9 Å². The van der Waals surface area contributed by atoms with Gasteiger partial charge in [0.15, 0.2) is 6.61 Å². The van der Waals surface area contributed by atoms with E-state index in [0.717, 1.165) is 11.5 Å². The van der Waals surface area contributed by atoms with Crippen LogP contribution in [-0.4, -0.2) is 23.4 Å². The lowest BCUT2D eigenvalue weighted by Gasteiger charge is -2.12. The van der Waals surface area contributed by atoms with Gasteiger partial charge in [-0.25, -0.2) is 4.79 Å². The molecule has 3 aromatic rings. The highest BCUT2D eigenvalue weighted by Crippen LogP contribution is 2.24. The second kappa shape index (κ2) is 8.10. The number of nitro benzene ring substituents is 1. The van der Waals surface area contributed by atoms with Crippen molar-refractivity contribution in [2.75, 3.05) is 6.61 Å². The number of carbonyl (C=O) groups excluding carboxylic acids is 2. The van der Waals surface area contributed by atoms with Crippen LogP contribution in [-0.2, 0) is 9.53 Å². The number of para-hydroxylation sites is 1. The molecule has 0 aliphatic rings. The molecule has 0 saturated carbocycles. The fourth-order valence-corrected chi connectivity index (χ4v) is 2.76. The largest absolute Gasteiger partial charge is 0.459 e. The van der Waals surface area contributed by atoms with Crippen molar-refractivity contribution < 1.29 is 23.7 Å². The van der Waals surface area contributed by atoms with E-state index in [9.17, 15) is 19.7 Å². The molecule has 1 amide bonds. The zero-order valence-electron chi connectivity index (χ0n) is 14.7. The number of rotatable bonds is 6. The van der Waals surface area contributed by atoms with Gasteiger partial charge in [0.25, 0.3) is 11.6 Å². The van der Waals surface area contributed by atoms with Crippen LogP contribution in [0.5, 0.6) is 0 Å². The number of non-ortho nitro benzene ring substituents is 1. The molecule has 1 heterocycles. The third-order valence-electron chi connectivity index (χ3n) is 3.96. The molecule has 9 heteroatoms. The minimum absolute atomic E-state index is 0.00773. The van der Waals surface area contributed by atoms with Crippen molar-refractivity contribution in [3.63, 3.8) is 0 Å². The van der Waals surface area contributed by atoms with Crippen LogP contribution >= 0.6 is 11.6 Å². The van der Waals surface area contributed by atoms with Crippen LogP contribution in [0.25, 0.3) is 11.0 Å². The summed E-state index contributed by atoms with van der Waals surface area (Å²) in [5, 5.41) is 14.4. The summed E-state index contributed by atoms with van der Waals surface area (Å²) in [5.41, 5.74) is 0.207. The van der Waals surface area contributed by atoms with Gasteiger partial charge in [0.1, 0.15) is 11.3 Å². The van der Waals surface area contributed by atoms with Crippen molar-refractivity contribution in [1.82, 2.24) is 5.32 Å². The number of hydrogen-bond acceptors (Lipinski definition) is 6. The summed E-state index contributed by atoms with van der Waals surface area (Å²) in [6.07, 6.45) is 0. The number of halogens is 1. The Morgan fingerprint density at radius 1 is 1.25 bits per heavy atom. The van der Waals surface area contributed by atoms with E-state index in [1.165, 1.54) is 12.1 Å². The predicted molar refractivity (Wildman–Crippen MR) is 101 cm³/mol. The van der Waals surface area contributed by atoms with Gasteiger partial charge in [0.2, 0.25) is 0 Å². The van der Waals surface area contributed by atoms with E-state index in [0.29, 0.717) is 11.3 Å². The molecule has 1 aromatic heterocycles. The van der Waals surface area contributed by atoms with E-state index in [4.69, 9.17) is 20.8 Å². The van der Waals surface area contributed by atoms with E-state index in [1.54, 1.807) is 6.92 Å². The molecular formula is C19H15ClN2O6. The number of furan rings is 1. The van der Waals surface area contributed by atoms with E-state index in [2.05, 4.69) is 5.32 Å². The molecule has 1 N–H and O–H groups in total. The predicted octanol–water partition coefficient (Wildman–Crippen LogP) is 4.03. The van der Waals surface area contributed by atoms with Crippen LogP contribution in [0.1, 0.15) is 29.1 Å². The van der Waals surface area contributed by atoms with Gasteiger partial charge < -0.3 is 14.5 Å². The van der Waals surface area contributed by atoms with Gasteiger partial charge in [-0.3, -0.25) is 14.9 Å². The number of hydrogen-bond donors (Lipinski definition) is 1. The Morgan fingerprint density at radius 2 is 2.00 bits per heavy atom. The molecule has 1 atom stereocenters. The first kappa shape index (κ1) is 19.4. The highest BCUT2D eigenvalue weighted by molar-refractivity contribution is 6.33. The number of benzene rings is 2. The molecule has 0 aliphatic carbocycles. The number of carbonyl (C=O) groups is 2. The molecule has 0 bridgehead atoms. The van der Waals surface area contributed by atoms with E-state index in [-0.39, 0.29) is 16.3 Å². The van der Waals surface area contributed by atoms with Gasteiger partial charge in [-0.05, 0) is 25.1 Å².